The van der Waals surface area contributed by atoms with Gasteiger partial charge in [0.2, 0.25) is 5.91 Å². The maximum absolute atomic E-state index is 11.9. The third-order valence-corrected chi connectivity index (χ3v) is 3.37. The van der Waals surface area contributed by atoms with Gasteiger partial charge >= 0.3 is 0 Å². The van der Waals surface area contributed by atoms with Crippen molar-refractivity contribution in [3.05, 3.63) is 0 Å². The Morgan fingerprint density at radius 2 is 2.19 bits per heavy atom. The van der Waals surface area contributed by atoms with Crippen LogP contribution >= 0.6 is 12.4 Å². The van der Waals surface area contributed by atoms with Gasteiger partial charge in [-0.3, -0.25) is 4.79 Å². The summed E-state index contributed by atoms with van der Waals surface area (Å²) in [6, 6.07) is 0.0666. The summed E-state index contributed by atoms with van der Waals surface area (Å²) in [7, 11) is 0. The minimum Gasteiger partial charge on any atom is -0.338 e. The summed E-state index contributed by atoms with van der Waals surface area (Å²) in [4.78, 5) is 13.9. The molecule has 0 aliphatic carbocycles. The van der Waals surface area contributed by atoms with Crippen LogP contribution in [0, 0.1) is 5.92 Å². The minimum atomic E-state index is -0.352. The van der Waals surface area contributed by atoms with Crippen LogP contribution in [0.5, 0.6) is 0 Å². The summed E-state index contributed by atoms with van der Waals surface area (Å²) in [5.41, 5.74) is 5.68. The molecule has 0 bridgehead atoms. The standard InChI is InChI=1S/C12H24N2O.ClH/c1-4-6-11-9(2)7-5-8-14(11)12(15)10(3)13;/h9-11H,4-8,13H2,1-3H3;1H/t9?,10-,11?;/m0./s1. The van der Waals surface area contributed by atoms with Crippen molar-refractivity contribution in [1.29, 1.82) is 0 Å². The molecule has 1 fully saturated rings. The Hall–Kier alpha value is -0.280. The lowest BCUT2D eigenvalue weighted by Crippen LogP contribution is -2.52. The van der Waals surface area contributed by atoms with Crippen molar-refractivity contribution in [2.24, 2.45) is 11.7 Å². The second-order valence-corrected chi connectivity index (χ2v) is 4.80. The van der Waals surface area contributed by atoms with Crippen LogP contribution in [0.25, 0.3) is 0 Å². The van der Waals surface area contributed by atoms with E-state index in [4.69, 9.17) is 5.73 Å². The third kappa shape index (κ3) is 3.63. The Labute approximate surface area is 105 Å². The summed E-state index contributed by atoms with van der Waals surface area (Å²) in [6.07, 6.45) is 4.62. The highest BCUT2D eigenvalue weighted by Crippen LogP contribution is 2.26. The first-order chi connectivity index (χ1) is 7.07. The Morgan fingerprint density at radius 3 is 2.69 bits per heavy atom. The van der Waals surface area contributed by atoms with E-state index in [9.17, 15) is 4.79 Å². The molecule has 2 N–H and O–H groups in total. The van der Waals surface area contributed by atoms with E-state index in [1.165, 1.54) is 6.42 Å². The molecule has 1 aliphatic rings. The fraction of sp³-hybridized carbons (Fsp3) is 0.917. The molecule has 16 heavy (non-hydrogen) atoms. The average molecular weight is 249 g/mol. The lowest BCUT2D eigenvalue weighted by molar-refractivity contribution is -0.137. The molecule has 3 atom stereocenters. The van der Waals surface area contributed by atoms with Crippen LogP contribution in [0.4, 0.5) is 0 Å². The maximum Gasteiger partial charge on any atom is 0.239 e. The van der Waals surface area contributed by atoms with E-state index in [0.717, 1.165) is 25.8 Å². The van der Waals surface area contributed by atoms with E-state index in [-0.39, 0.29) is 24.4 Å². The van der Waals surface area contributed by atoms with Gasteiger partial charge in [-0.25, -0.2) is 0 Å². The van der Waals surface area contributed by atoms with E-state index in [2.05, 4.69) is 13.8 Å². The highest BCUT2D eigenvalue weighted by Gasteiger charge is 2.31. The molecule has 0 aromatic rings. The maximum atomic E-state index is 11.9. The SMILES string of the molecule is CCCC1C(C)CCCN1C(=O)[C@H](C)N.Cl. The molecule has 0 aromatic carbocycles. The largest absolute Gasteiger partial charge is 0.338 e. The zero-order valence-electron chi connectivity index (χ0n) is 10.6. The molecule has 96 valence electrons. The predicted octanol–water partition coefficient (Wildman–Crippen LogP) is 2.18. The first-order valence-corrected chi connectivity index (χ1v) is 6.14. The molecule has 4 heteroatoms. The lowest BCUT2D eigenvalue weighted by atomic mass is 9.87. The van der Waals surface area contributed by atoms with Gasteiger partial charge in [0.05, 0.1) is 6.04 Å². The van der Waals surface area contributed by atoms with Crippen molar-refractivity contribution in [3.8, 4) is 0 Å². The third-order valence-electron chi connectivity index (χ3n) is 3.37. The zero-order valence-corrected chi connectivity index (χ0v) is 11.4. The fourth-order valence-corrected chi connectivity index (χ4v) is 2.52. The van der Waals surface area contributed by atoms with Gasteiger partial charge in [-0.05, 0) is 32.1 Å². The number of hydrogen-bond donors (Lipinski definition) is 1. The van der Waals surface area contributed by atoms with Crippen molar-refractivity contribution in [2.45, 2.75) is 58.5 Å². The van der Waals surface area contributed by atoms with Crippen molar-refractivity contribution in [3.63, 3.8) is 0 Å². The number of nitrogens with two attached hydrogens (primary N) is 1. The summed E-state index contributed by atoms with van der Waals surface area (Å²) in [6.45, 7) is 7.11. The Morgan fingerprint density at radius 1 is 1.56 bits per heavy atom. The molecule has 0 aromatic heterocycles. The number of halogens is 1. The lowest BCUT2D eigenvalue weighted by Gasteiger charge is -2.41. The molecule has 0 saturated carbocycles. The summed E-state index contributed by atoms with van der Waals surface area (Å²) < 4.78 is 0. The van der Waals surface area contributed by atoms with Gasteiger partial charge in [-0.1, -0.05) is 20.3 Å². The molecule has 3 nitrogen and oxygen atoms in total. The van der Waals surface area contributed by atoms with Gasteiger partial charge in [-0.2, -0.15) is 0 Å². The summed E-state index contributed by atoms with van der Waals surface area (Å²) in [5, 5.41) is 0. The first-order valence-electron chi connectivity index (χ1n) is 6.14. The van der Waals surface area contributed by atoms with E-state index >= 15 is 0 Å². The molecule has 1 heterocycles. The number of hydrogen-bond acceptors (Lipinski definition) is 2. The Balaban J connectivity index is 0.00000225. The molecule has 1 rings (SSSR count). The summed E-state index contributed by atoms with van der Waals surface area (Å²) >= 11 is 0. The molecular weight excluding hydrogens is 224 g/mol. The van der Waals surface area contributed by atoms with Gasteiger partial charge in [0.1, 0.15) is 0 Å². The van der Waals surface area contributed by atoms with Crippen molar-refractivity contribution < 1.29 is 4.79 Å². The molecule has 1 saturated heterocycles. The number of carbonyl (C=O) groups is 1. The molecule has 2 unspecified atom stereocenters. The van der Waals surface area contributed by atoms with Crippen LogP contribution in [0.15, 0.2) is 0 Å². The van der Waals surface area contributed by atoms with Gasteiger partial charge in [0, 0.05) is 12.6 Å². The van der Waals surface area contributed by atoms with Gasteiger partial charge in [-0.15, -0.1) is 12.4 Å². The van der Waals surface area contributed by atoms with Crippen molar-refractivity contribution in [1.82, 2.24) is 4.90 Å². The van der Waals surface area contributed by atoms with Crippen LogP contribution in [0.1, 0.15) is 46.5 Å². The Kier molecular flexibility index (Phi) is 7.00. The van der Waals surface area contributed by atoms with Crippen LogP contribution < -0.4 is 5.73 Å². The number of amides is 1. The second-order valence-electron chi connectivity index (χ2n) is 4.80. The second kappa shape index (κ2) is 7.13. The smallest absolute Gasteiger partial charge is 0.239 e. The number of nitrogens with zero attached hydrogens (tertiary/aromatic N) is 1. The molecule has 0 radical (unpaired) electrons. The monoisotopic (exact) mass is 248 g/mol. The number of piperidine rings is 1. The molecule has 1 aliphatic heterocycles. The predicted molar refractivity (Wildman–Crippen MR) is 69.7 cm³/mol. The van der Waals surface area contributed by atoms with E-state index in [0.29, 0.717) is 12.0 Å². The first kappa shape index (κ1) is 15.7. The minimum absolute atomic E-state index is 0. The summed E-state index contributed by atoms with van der Waals surface area (Å²) in [5.74, 6) is 0.751. The van der Waals surface area contributed by atoms with Gasteiger partial charge in [0.25, 0.3) is 0 Å². The zero-order chi connectivity index (χ0) is 11.4. The Bertz CT molecular complexity index is 221. The van der Waals surface area contributed by atoms with E-state index in [1.54, 1.807) is 6.92 Å². The van der Waals surface area contributed by atoms with Crippen LogP contribution in [-0.2, 0) is 4.79 Å². The topological polar surface area (TPSA) is 46.3 Å². The normalized spacial score (nSPS) is 27.1. The van der Waals surface area contributed by atoms with Gasteiger partial charge < -0.3 is 10.6 Å². The van der Waals surface area contributed by atoms with Crippen LogP contribution in [-0.4, -0.2) is 29.4 Å². The van der Waals surface area contributed by atoms with Gasteiger partial charge in [0.15, 0.2) is 0 Å². The van der Waals surface area contributed by atoms with Crippen LogP contribution in [0.2, 0.25) is 0 Å². The van der Waals surface area contributed by atoms with Crippen molar-refractivity contribution in [2.75, 3.05) is 6.54 Å². The average Bonchev–Trinajstić information content (AvgIpc) is 2.20. The van der Waals surface area contributed by atoms with Crippen LogP contribution in [0.3, 0.4) is 0 Å². The van der Waals surface area contributed by atoms with E-state index < -0.39 is 0 Å². The molecule has 0 spiro atoms. The molecular formula is C12H25ClN2O. The number of carbonyl (C=O) groups excluding carboxylic acids is 1. The van der Waals surface area contributed by atoms with E-state index in [1.807, 2.05) is 4.90 Å². The number of rotatable bonds is 3. The highest BCUT2D eigenvalue weighted by molar-refractivity contribution is 5.85. The highest BCUT2D eigenvalue weighted by atomic mass is 35.5. The number of likely N-dealkylation sites (tertiary alicyclic amines) is 1. The fourth-order valence-electron chi connectivity index (χ4n) is 2.52. The quantitative estimate of drug-likeness (QED) is 0.832. The molecule has 1 amide bonds. The van der Waals surface area contributed by atoms with Crippen molar-refractivity contribution >= 4 is 18.3 Å².